The molecule has 0 aromatic carbocycles. The van der Waals surface area contributed by atoms with Crippen LogP contribution in [0.1, 0.15) is 38.5 Å². The molecule has 0 aromatic heterocycles. The first-order chi connectivity index (χ1) is 6.90. The second-order valence-corrected chi connectivity index (χ2v) is 3.94. The second-order valence-electron chi connectivity index (χ2n) is 3.94. The minimum absolute atomic E-state index is 0.429. The topological polar surface area (TPSA) is 18.5 Å². The molecule has 0 saturated heterocycles. The number of hydrogen-bond donors (Lipinski definition) is 0. The summed E-state index contributed by atoms with van der Waals surface area (Å²) in [6.07, 6.45) is 11.9. The van der Waals surface area contributed by atoms with E-state index in [1.165, 1.54) is 25.7 Å². The Labute approximate surface area is 85.6 Å². The van der Waals surface area contributed by atoms with Crippen LogP contribution in [0.5, 0.6) is 0 Å². The number of rotatable bonds is 3. The highest BCUT2D eigenvalue weighted by Gasteiger charge is 2.20. The number of ether oxygens (including phenoxy) is 2. The van der Waals surface area contributed by atoms with Gasteiger partial charge in [-0.2, -0.15) is 0 Å². The van der Waals surface area contributed by atoms with Crippen molar-refractivity contribution in [2.75, 3.05) is 7.11 Å². The molecule has 0 amide bonds. The van der Waals surface area contributed by atoms with Gasteiger partial charge in [-0.1, -0.05) is 0 Å². The summed E-state index contributed by atoms with van der Waals surface area (Å²) < 4.78 is 11.2. The fourth-order valence-electron chi connectivity index (χ4n) is 2.11. The van der Waals surface area contributed by atoms with Gasteiger partial charge in [-0.3, -0.25) is 0 Å². The fourth-order valence-corrected chi connectivity index (χ4v) is 2.11. The maximum absolute atomic E-state index is 5.92. The van der Waals surface area contributed by atoms with Crippen LogP contribution in [-0.2, 0) is 9.47 Å². The molecule has 2 aliphatic carbocycles. The molecule has 0 spiro atoms. The van der Waals surface area contributed by atoms with Crippen LogP contribution < -0.4 is 0 Å². The third kappa shape index (κ3) is 2.11. The van der Waals surface area contributed by atoms with Gasteiger partial charge in [-0.25, -0.2) is 0 Å². The molecule has 78 valence electrons. The minimum Gasteiger partial charge on any atom is -0.493 e. The first-order valence-corrected chi connectivity index (χ1v) is 5.51. The van der Waals surface area contributed by atoms with E-state index in [-0.39, 0.29) is 0 Å². The highest BCUT2D eigenvalue weighted by Crippen LogP contribution is 2.28. The molecule has 1 saturated carbocycles. The molecule has 0 unspecified atom stereocenters. The summed E-state index contributed by atoms with van der Waals surface area (Å²) >= 11 is 0. The third-order valence-corrected chi connectivity index (χ3v) is 2.88. The van der Waals surface area contributed by atoms with Crippen molar-refractivity contribution in [1.82, 2.24) is 0 Å². The minimum atomic E-state index is 0.429. The van der Waals surface area contributed by atoms with Gasteiger partial charge in [0, 0.05) is 0 Å². The summed E-state index contributed by atoms with van der Waals surface area (Å²) in [4.78, 5) is 0. The van der Waals surface area contributed by atoms with E-state index >= 15 is 0 Å². The molecule has 14 heavy (non-hydrogen) atoms. The molecule has 2 rings (SSSR count). The Balaban J connectivity index is 1.95. The van der Waals surface area contributed by atoms with Crippen LogP contribution in [0.3, 0.4) is 0 Å². The summed E-state index contributed by atoms with van der Waals surface area (Å²) in [5.41, 5.74) is 0. The predicted octanol–water partition coefficient (Wildman–Crippen LogP) is 3.15. The van der Waals surface area contributed by atoms with Gasteiger partial charge in [-0.05, 0) is 50.7 Å². The van der Waals surface area contributed by atoms with Crippen LogP contribution in [-0.4, -0.2) is 13.2 Å². The van der Waals surface area contributed by atoms with Crippen molar-refractivity contribution in [3.8, 4) is 0 Å². The number of methoxy groups -OCH3 is 1. The standard InChI is InChI=1S/C12H18O2/c1-13-11-8-4-5-9-12(11)14-10-6-2-3-7-10/h8-10H,2-7H2,1H3. The van der Waals surface area contributed by atoms with Crippen molar-refractivity contribution in [3.63, 3.8) is 0 Å². The van der Waals surface area contributed by atoms with E-state index in [1.54, 1.807) is 7.11 Å². The van der Waals surface area contributed by atoms with Crippen molar-refractivity contribution < 1.29 is 9.47 Å². The Bertz CT molecular complexity index is 247. The van der Waals surface area contributed by atoms with E-state index in [1.807, 2.05) is 0 Å². The van der Waals surface area contributed by atoms with Crippen molar-refractivity contribution in [2.24, 2.45) is 0 Å². The molecule has 0 bridgehead atoms. The Morgan fingerprint density at radius 3 is 2.36 bits per heavy atom. The van der Waals surface area contributed by atoms with Gasteiger partial charge >= 0.3 is 0 Å². The molecule has 0 radical (unpaired) electrons. The lowest BCUT2D eigenvalue weighted by Gasteiger charge is -2.20. The Kier molecular flexibility index (Phi) is 3.12. The molecule has 0 heterocycles. The Morgan fingerprint density at radius 1 is 1.07 bits per heavy atom. The number of hydrogen-bond acceptors (Lipinski definition) is 2. The summed E-state index contributed by atoms with van der Waals surface area (Å²) in [6, 6.07) is 0. The van der Waals surface area contributed by atoms with E-state index in [0.29, 0.717) is 6.10 Å². The summed E-state index contributed by atoms with van der Waals surface area (Å²) in [7, 11) is 1.71. The van der Waals surface area contributed by atoms with Gasteiger partial charge in [-0.15, -0.1) is 0 Å². The Morgan fingerprint density at radius 2 is 1.71 bits per heavy atom. The normalized spacial score (nSPS) is 22.9. The molecule has 0 atom stereocenters. The maximum atomic E-state index is 5.92. The van der Waals surface area contributed by atoms with Crippen LogP contribution in [0.25, 0.3) is 0 Å². The first kappa shape index (κ1) is 9.63. The third-order valence-electron chi connectivity index (χ3n) is 2.88. The SMILES string of the molecule is COC1=CCCC=C1OC1CCCC1. The van der Waals surface area contributed by atoms with Gasteiger partial charge in [0.25, 0.3) is 0 Å². The van der Waals surface area contributed by atoms with Crippen LogP contribution in [0.2, 0.25) is 0 Å². The lowest BCUT2D eigenvalue weighted by Crippen LogP contribution is -2.10. The van der Waals surface area contributed by atoms with Gasteiger partial charge in [0.1, 0.15) is 0 Å². The van der Waals surface area contributed by atoms with Crippen LogP contribution in [0.15, 0.2) is 23.7 Å². The molecule has 2 heteroatoms. The molecular weight excluding hydrogens is 176 g/mol. The highest BCUT2D eigenvalue weighted by molar-refractivity contribution is 5.23. The molecule has 1 fully saturated rings. The lowest BCUT2D eigenvalue weighted by atomic mass is 10.1. The van der Waals surface area contributed by atoms with Gasteiger partial charge in [0.15, 0.2) is 11.5 Å². The lowest BCUT2D eigenvalue weighted by molar-refractivity contribution is 0.104. The maximum Gasteiger partial charge on any atom is 0.157 e. The molecule has 2 aliphatic rings. The van der Waals surface area contributed by atoms with Crippen molar-refractivity contribution in [2.45, 2.75) is 44.6 Å². The predicted molar refractivity (Wildman–Crippen MR) is 55.8 cm³/mol. The van der Waals surface area contributed by atoms with Crippen molar-refractivity contribution >= 4 is 0 Å². The first-order valence-electron chi connectivity index (χ1n) is 5.51. The Hall–Kier alpha value is -0.920. The largest absolute Gasteiger partial charge is 0.493 e. The van der Waals surface area contributed by atoms with Crippen LogP contribution in [0, 0.1) is 0 Å². The zero-order valence-electron chi connectivity index (χ0n) is 8.79. The van der Waals surface area contributed by atoms with E-state index in [2.05, 4.69) is 12.2 Å². The number of allylic oxidation sites excluding steroid dienone is 2. The van der Waals surface area contributed by atoms with E-state index in [4.69, 9.17) is 9.47 Å². The van der Waals surface area contributed by atoms with E-state index in [9.17, 15) is 0 Å². The molecule has 2 nitrogen and oxygen atoms in total. The average molecular weight is 194 g/mol. The quantitative estimate of drug-likeness (QED) is 0.687. The highest BCUT2D eigenvalue weighted by atomic mass is 16.5. The average Bonchev–Trinajstić information content (AvgIpc) is 2.71. The van der Waals surface area contributed by atoms with Crippen molar-refractivity contribution in [1.29, 1.82) is 0 Å². The second kappa shape index (κ2) is 4.54. The van der Waals surface area contributed by atoms with Gasteiger partial charge in [0.05, 0.1) is 13.2 Å². The van der Waals surface area contributed by atoms with Gasteiger partial charge in [0.2, 0.25) is 0 Å². The molecule has 0 aromatic rings. The smallest absolute Gasteiger partial charge is 0.157 e. The molecular formula is C12H18O2. The zero-order chi connectivity index (χ0) is 9.80. The summed E-state index contributed by atoms with van der Waals surface area (Å²) in [5, 5.41) is 0. The van der Waals surface area contributed by atoms with Crippen molar-refractivity contribution in [3.05, 3.63) is 23.7 Å². The van der Waals surface area contributed by atoms with Crippen LogP contribution in [0.4, 0.5) is 0 Å². The van der Waals surface area contributed by atoms with Gasteiger partial charge < -0.3 is 9.47 Å². The monoisotopic (exact) mass is 194 g/mol. The molecule has 0 aliphatic heterocycles. The van der Waals surface area contributed by atoms with E-state index < -0.39 is 0 Å². The zero-order valence-corrected chi connectivity index (χ0v) is 8.79. The summed E-state index contributed by atoms with van der Waals surface area (Å²) in [6.45, 7) is 0. The summed E-state index contributed by atoms with van der Waals surface area (Å²) in [5.74, 6) is 1.88. The molecule has 0 N–H and O–H groups in total. The fraction of sp³-hybridized carbons (Fsp3) is 0.667. The van der Waals surface area contributed by atoms with Crippen LogP contribution >= 0.6 is 0 Å². The van der Waals surface area contributed by atoms with E-state index in [0.717, 1.165) is 24.4 Å².